The van der Waals surface area contributed by atoms with E-state index in [1.807, 2.05) is 73.6 Å². The summed E-state index contributed by atoms with van der Waals surface area (Å²) in [4.78, 5) is 1.89. The molecule has 0 fully saturated rings. The SMILES string of the molecule is CN(C)C(C#N)(CC=Cc1ccccc1)c1ccco1. The Bertz CT molecular complexity index is 594. The van der Waals surface area contributed by atoms with Crippen LogP contribution in [-0.2, 0) is 5.54 Å². The molecule has 1 atom stereocenters. The van der Waals surface area contributed by atoms with Crippen molar-refractivity contribution in [1.82, 2.24) is 4.90 Å². The maximum atomic E-state index is 9.63. The van der Waals surface area contributed by atoms with Crippen LogP contribution in [0.2, 0.25) is 0 Å². The topological polar surface area (TPSA) is 40.2 Å². The minimum absolute atomic E-state index is 0.568. The number of hydrogen-bond acceptors (Lipinski definition) is 3. The van der Waals surface area contributed by atoms with Crippen LogP contribution in [0.1, 0.15) is 17.7 Å². The smallest absolute Gasteiger partial charge is 0.170 e. The summed E-state index contributed by atoms with van der Waals surface area (Å²) in [6, 6.07) is 16.1. The van der Waals surface area contributed by atoms with E-state index in [1.54, 1.807) is 6.26 Å². The first-order valence-corrected chi connectivity index (χ1v) is 6.53. The first-order valence-electron chi connectivity index (χ1n) is 6.53. The predicted molar refractivity (Wildman–Crippen MR) is 79.8 cm³/mol. The molecule has 102 valence electrons. The van der Waals surface area contributed by atoms with Gasteiger partial charge < -0.3 is 4.42 Å². The monoisotopic (exact) mass is 266 g/mol. The molecule has 1 aromatic heterocycles. The predicted octanol–water partition coefficient (Wildman–Crippen LogP) is 3.66. The summed E-state index contributed by atoms with van der Waals surface area (Å²) in [6.07, 6.45) is 6.21. The molecule has 0 spiro atoms. The van der Waals surface area contributed by atoms with Gasteiger partial charge >= 0.3 is 0 Å². The van der Waals surface area contributed by atoms with Crippen molar-refractivity contribution in [2.75, 3.05) is 14.1 Å². The van der Waals surface area contributed by atoms with Crippen LogP contribution in [0.3, 0.4) is 0 Å². The fourth-order valence-corrected chi connectivity index (χ4v) is 2.15. The van der Waals surface area contributed by atoms with Crippen molar-refractivity contribution in [2.24, 2.45) is 0 Å². The zero-order chi connectivity index (χ0) is 14.4. The highest BCUT2D eigenvalue weighted by Crippen LogP contribution is 2.30. The average Bonchev–Trinajstić information content (AvgIpc) is 2.99. The van der Waals surface area contributed by atoms with Gasteiger partial charge in [-0.25, -0.2) is 0 Å². The molecular weight excluding hydrogens is 248 g/mol. The fourth-order valence-electron chi connectivity index (χ4n) is 2.15. The molecule has 0 radical (unpaired) electrons. The van der Waals surface area contributed by atoms with E-state index in [2.05, 4.69) is 6.07 Å². The Morgan fingerprint density at radius 1 is 1.20 bits per heavy atom. The third kappa shape index (κ3) is 2.81. The van der Waals surface area contributed by atoms with Crippen molar-refractivity contribution >= 4 is 6.08 Å². The van der Waals surface area contributed by atoms with Crippen molar-refractivity contribution < 1.29 is 4.42 Å². The van der Waals surface area contributed by atoms with Gasteiger partial charge in [0.25, 0.3) is 0 Å². The number of nitriles is 1. The maximum absolute atomic E-state index is 9.63. The van der Waals surface area contributed by atoms with E-state index in [0.717, 1.165) is 5.56 Å². The lowest BCUT2D eigenvalue weighted by molar-refractivity contribution is 0.185. The van der Waals surface area contributed by atoms with Crippen LogP contribution in [0.15, 0.2) is 59.2 Å². The summed E-state index contributed by atoms with van der Waals surface area (Å²) in [7, 11) is 3.78. The highest BCUT2D eigenvalue weighted by Gasteiger charge is 2.36. The lowest BCUT2D eigenvalue weighted by atomic mass is 9.92. The van der Waals surface area contributed by atoms with Crippen molar-refractivity contribution in [3.05, 3.63) is 66.1 Å². The minimum atomic E-state index is -0.769. The van der Waals surface area contributed by atoms with E-state index in [1.165, 1.54) is 0 Å². The van der Waals surface area contributed by atoms with Gasteiger partial charge in [-0.15, -0.1) is 0 Å². The Morgan fingerprint density at radius 3 is 2.50 bits per heavy atom. The lowest BCUT2D eigenvalue weighted by Gasteiger charge is -2.30. The minimum Gasteiger partial charge on any atom is -0.466 e. The quantitative estimate of drug-likeness (QED) is 0.829. The third-order valence-corrected chi connectivity index (χ3v) is 3.40. The maximum Gasteiger partial charge on any atom is 0.170 e. The summed E-state index contributed by atoms with van der Waals surface area (Å²) >= 11 is 0. The molecule has 0 aliphatic rings. The van der Waals surface area contributed by atoms with Gasteiger partial charge in [0.05, 0.1) is 12.3 Å². The Labute approximate surface area is 119 Å². The summed E-state index contributed by atoms with van der Waals surface area (Å²) in [5.41, 5.74) is 0.354. The summed E-state index contributed by atoms with van der Waals surface area (Å²) < 4.78 is 5.46. The molecule has 0 N–H and O–H groups in total. The molecule has 0 aliphatic carbocycles. The van der Waals surface area contributed by atoms with Crippen molar-refractivity contribution in [2.45, 2.75) is 12.0 Å². The van der Waals surface area contributed by atoms with Crippen LogP contribution in [0.25, 0.3) is 6.08 Å². The molecule has 2 rings (SSSR count). The summed E-state index contributed by atoms with van der Waals surface area (Å²) in [6.45, 7) is 0. The molecule has 1 aromatic carbocycles. The molecular formula is C17H18N2O. The number of furan rings is 1. The molecule has 1 unspecified atom stereocenters. The second-order valence-electron chi connectivity index (χ2n) is 4.86. The highest BCUT2D eigenvalue weighted by molar-refractivity contribution is 5.49. The number of hydrogen-bond donors (Lipinski definition) is 0. The number of nitrogens with zero attached hydrogens (tertiary/aromatic N) is 2. The van der Waals surface area contributed by atoms with E-state index in [0.29, 0.717) is 12.2 Å². The molecule has 0 aliphatic heterocycles. The van der Waals surface area contributed by atoms with Crippen LogP contribution >= 0.6 is 0 Å². The van der Waals surface area contributed by atoms with Crippen LogP contribution < -0.4 is 0 Å². The zero-order valence-corrected chi connectivity index (χ0v) is 11.8. The van der Waals surface area contributed by atoms with Gasteiger partial charge in [0.2, 0.25) is 0 Å². The van der Waals surface area contributed by atoms with Gasteiger partial charge in [-0.05, 0) is 31.8 Å². The molecule has 2 aromatic rings. The zero-order valence-electron chi connectivity index (χ0n) is 11.8. The van der Waals surface area contributed by atoms with E-state index in [9.17, 15) is 5.26 Å². The standard InChI is InChI=1S/C17H18N2O/c1-19(2)17(14-18,16-11-7-13-20-16)12-6-10-15-8-4-3-5-9-15/h3-11,13H,12H2,1-2H3. The largest absolute Gasteiger partial charge is 0.466 e. The Hall–Kier alpha value is -2.31. The Morgan fingerprint density at radius 2 is 1.95 bits per heavy atom. The summed E-state index contributed by atoms with van der Waals surface area (Å²) in [5.74, 6) is 0.669. The van der Waals surface area contributed by atoms with E-state index >= 15 is 0 Å². The third-order valence-electron chi connectivity index (χ3n) is 3.40. The molecule has 3 heteroatoms. The van der Waals surface area contributed by atoms with E-state index < -0.39 is 5.54 Å². The number of benzene rings is 1. The highest BCUT2D eigenvalue weighted by atomic mass is 16.3. The van der Waals surface area contributed by atoms with Crippen LogP contribution in [0, 0.1) is 11.3 Å². The van der Waals surface area contributed by atoms with Gasteiger partial charge in [-0.2, -0.15) is 5.26 Å². The molecule has 0 saturated heterocycles. The molecule has 0 amide bonds. The Balaban J connectivity index is 2.22. The second-order valence-corrected chi connectivity index (χ2v) is 4.86. The fraction of sp³-hybridized carbons (Fsp3) is 0.235. The molecule has 0 bridgehead atoms. The van der Waals surface area contributed by atoms with Crippen molar-refractivity contribution in [3.8, 4) is 6.07 Å². The molecule has 1 heterocycles. The molecule has 20 heavy (non-hydrogen) atoms. The van der Waals surface area contributed by atoms with Crippen LogP contribution in [0.5, 0.6) is 0 Å². The van der Waals surface area contributed by atoms with E-state index in [4.69, 9.17) is 4.42 Å². The normalized spacial score (nSPS) is 14.3. The van der Waals surface area contributed by atoms with Crippen LogP contribution in [0.4, 0.5) is 0 Å². The first kappa shape index (κ1) is 14.1. The molecule has 3 nitrogen and oxygen atoms in total. The molecule has 0 saturated carbocycles. The number of rotatable bonds is 5. The average molecular weight is 266 g/mol. The van der Waals surface area contributed by atoms with Gasteiger partial charge in [-0.3, -0.25) is 4.90 Å². The lowest BCUT2D eigenvalue weighted by Crippen LogP contribution is -2.39. The first-order chi connectivity index (χ1) is 9.69. The van der Waals surface area contributed by atoms with Crippen LogP contribution in [-0.4, -0.2) is 19.0 Å². The van der Waals surface area contributed by atoms with Gasteiger partial charge in [0, 0.05) is 6.42 Å². The van der Waals surface area contributed by atoms with Crippen molar-refractivity contribution in [1.29, 1.82) is 5.26 Å². The summed E-state index contributed by atoms with van der Waals surface area (Å²) in [5, 5.41) is 9.63. The van der Waals surface area contributed by atoms with Gasteiger partial charge in [0.1, 0.15) is 5.76 Å². The van der Waals surface area contributed by atoms with Gasteiger partial charge in [0.15, 0.2) is 5.54 Å². The van der Waals surface area contributed by atoms with Crippen molar-refractivity contribution in [3.63, 3.8) is 0 Å². The second kappa shape index (κ2) is 6.23. The van der Waals surface area contributed by atoms with Gasteiger partial charge in [-0.1, -0.05) is 42.5 Å². The van der Waals surface area contributed by atoms with E-state index in [-0.39, 0.29) is 0 Å². The Kier molecular flexibility index (Phi) is 4.39.